The first kappa shape index (κ1) is 33.4. The number of fused-ring (bicyclic) bond motifs is 5. The smallest absolute Gasteiger partial charge is 0.331 e. The molecule has 3 N–H and O–H groups in total. The number of hydrogen-bond acceptors (Lipinski definition) is 5. The van der Waals surface area contributed by atoms with Gasteiger partial charge in [0.25, 0.3) is 0 Å². The van der Waals surface area contributed by atoms with Gasteiger partial charge in [0.2, 0.25) is 0 Å². The molecule has 4 aliphatic carbocycles. The van der Waals surface area contributed by atoms with Crippen LogP contribution < -0.4 is 0 Å². The minimum Gasteiger partial charge on any atom is -0.478 e. The lowest BCUT2D eigenvalue weighted by atomic mass is 9.34. The highest BCUT2D eigenvalue weighted by Gasteiger charge is 2.72. The van der Waals surface area contributed by atoms with Crippen molar-refractivity contribution in [3.63, 3.8) is 0 Å². The van der Waals surface area contributed by atoms with Gasteiger partial charge in [0.1, 0.15) is 6.10 Å². The largest absolute Gasteiger partial charge is 0.478 e. The summed E-state index contributed by atoms with van der Waals surface area (Å²) in [6.07, 6.45) is 5.49. The van der Waals surface area contributed by atoms with Crippen molar-refractivity contribution in [1.29, 1.82) is 0 Å². The average molecular weight is 672 g/mol. The van der Waals surface area contributed by atoms with Crippen LogP contribution in [0.25, 0.3) is 0 Å². The Balaban J connectivity index is 1.61. The first-order valence-corrected chi connectivity index (χ1v) is 17.2. The summed E-state index contributed by atoms with van der Waals surface area (Å²) in [5.74, 6) is -1.46. The second-order valence-corrected chi connectivity index (χ2v) is 16.4. The van der Waals surface area contributed by atoms with Crippen LogP contribution in [0.2, 0.25) is 0 Å². The van der Waals surface area contributed by atoms with E-state index in [0.29, 0.717) is 43.3 Å². The molecule has 1 unspecified atom stereocenters. The Kier molecular flexibility index (Phi) is 8.87. The van der Waals surface area contributed by atoms with Gasteiger partial charge >= 0.3 is 11.9 Å². The van der Waals surface area contributed by atoms with Crippen LogP contribution in [-0.4, -0.2) is 45.6 Å². The summed E-state index contributed by atoms with van der Waals surface area (Å²) in [5.41, 5.74) is 1.90. The number of carboxylic acids is 1. The molecule has 0 amide bonds. The van der Waals surface area contributed by atoms with E-state index in [0.717, 1.165) is 34.9 Å². The van der Waals surface area contributed by atoms with Gasteiger partial charge in [0, 0.05) is 22.4 Å². The van der Waals surface area contributed by atoms with Gasteiger partial charge in [-0.05, 0) is 122 Å². The Labute approximate surface area is 271 Å². The number of hydrogen-bond donors (Lipinski definition) is 3. The maximum absolute atomic E-state index is 12.8. The van der Waals surface area contributed by atoms with E-state index in [4.69, 9.17) is 4.74 Å². The summed E-state index contributed by atoms with van der Waals surface area (Å²) >= 11 is 3.57. The van der Waals surface area contributed by atoms with E-state index >= 15 is 0 Å². The number of ether oxygens (including phenoxy) is 1. The summed E-state index contributed by atoms with van der Waals surface area (Å²) < 4.78 is 6.96. The Hall–Kier alpha value is -1.96. The maximum atomic E-state index is 12.8. The highest BCUT2D eigenvalue weighted by molar-refractivity contribution is 9.10. The maximum Gasteiger partial charge on any atom is 0.331 e. The molecule has 4 fully saturated rings. The standard InChI is InChI=1S/C37H51BrO6/c1-21(2)9-8-10-25(33(42)43)31-26-19-27(40)32-34(4)17-16-30(41)37(7,23-11-13-24(38)14-12-23)29(34)15-18-35(32,5)36(26,6)20-28(31)44-22(3)39/h9,11-14,26-30,32,40-41H,8,10,15-20H2,1-7H3,(H,42,43)/t26-,27-,28+,29?,30-,32-,34+,35+,36+,37-/m1/s1. The first-order chi connectivity index (χ1) is 20.5. The molecule has 0 aromatic heterocycles. The normalized spacial score (nSPS) is 42.4. The van der Waals surface area contributed by atoms with Crippen molar-refractivity contribution in [2.75, 3.05) is 0 Å². The monoisotopic (exact) mass is 670 g/mol. The van der Waals surface area contributed by atoms with Crippen LogP contribution in [0.3, 0.4) is 0 Å². The number of carbonyl (C=O) groups excluding carboxylic acids is 1. The molecule has 0 heterocycles. The minimum atomic E-state index is -0.965. The molecule has 6 nitrogen and oxygen atoms in total. The minimum absolute atomic E-state index is 0.0476. The van der Waals surface area contributed by atoms with E-state index in [1.54, 1.807) is 0 Å². The van der Waals surface area contributed by atoms with Crippen molar-refractivity contribution < 1.29 is 29.6 Å². The summed E-state index contributed by atoms with van der Waals surface area (Å²) in [6, 6.07) is 8.35. The topological polar surface area (TPSA) is 104 Å². The number of halogens is 1. The fraction of sp³-hybridized carbons (Fsp3) is 0.676. The summed E-state index contributed by atoms with van der Waals surface area (Å²) in [5, 5.41) is 34.4. The Bertz CT molecular complexity index is 1360. The zero-order chi connectivity index (χ0) is 32.4. The van der Waals surface area contributed by atoms with Gasteiger partial charge in [-0.15, -0.1) is 0 Å². The fourth-order valence-electron chi connectivity index (χ4n) is 11.1. The lowest BCUT2D eigenvalue weighted by Gasteiger charge is -2.70. The van der Waals surface area contributed by atoms with Crippen LogP contribution in [-0.2, 0) is 19.7 Å². The van der Waals surface area contributed by atoms with Gasteiger partial charge in [0.05, 0.1) is 12.2 Å². The molecule has 0 radical (unpaired) electrons. The van der Waals surface area contributed by atoms with Gasteiger partial charge in [-0.2, -0.15) is 0 Å². The van der Waals surface area contributed by atoms with Gasteiger partial charge in [-0.25, -0.2) is 4.79 Å². The molecule has 242 valence electrons. The molecule has 1 aromatic carbocycles. The highest BCUT2D eigenvalue weighted by Crippen LogP contribution is 2.75. The van der Waals surface area contributed by atoms with Crippen LogP contribution in [0, 0.1) is 34.0 Å². The molecule has 7 heteroatoms. The summed E-state index contributed by atoms with van der Waals surface area (Å²) in [7, 11) is 0. The second-order valence-electron chi connectivity index (χ2n) is 15.5. The Morgan fingerprint density at radius 1 is 1.00 bits per heavy atom. The molecule has 1 aromatic rings. The predicted octanol–water partition coefficient (Wildman–Crippen LogP) is 7.75. The number of aliphatic carboxylic acids is 1. The number of esters is 1. The number of carboxylic acid groups (broad SMARTS) is 1. The van der Waals surface area contributed by atoms with Crippen LogP contribution in [0.1, 0.15) is 105 Å². The predicted molar refractivity (Wildman–Crippen MR) is 175 cm³/mol. The lowest BCUT2D eigenvalue weighted by Crippen LogP contribution is -2.68. The average Bonchev–Trinajstić information content (AvgIpc) is 3.20. The summed E-state index contributed by atoms with van der Waals surface area (Å²) in [4.78, 5) is 25.2. The van der Waals surface area contributed by atoms with Gasteiger partial charge < -0.3 is 20.1 Å². The van der Waals surface area contributed by atoms with Crippen LogP contribution >= 0.6 is 15.9 Å². The molecular formula is C37H51BrO6. The highest BCUT2D eigenvalue weighted by atomic mass is 79.9. The van der Waals surface area contributed by atoms with Crippen molar-refractivity contribution in [1.82, 2.24) is 0 Å². The number of benzene rings is 1. The quantitative estimate of drug-likeness (QED) is 0.162. The van der Waals surface area contributed by atoms with Crippen LogP contribution in [0.15, 0.2) is 51.5 Å². The molecule has 4 saturated carbocycles. The zero-order valence-corrected chi connectivity index (χ0v) is 29.0. The van der Waals surface area contributed by atoms with E-state index in [2.05, 4.69) is 55.8 Å². The molecule has 0 aliphatic heterocycles. The molecule has 4 aliphatic rings. The third kappa shape index (κ3) is 5.04. The van der Waals surface area contributed by atoms with E-state index in [1.807, 2.05) is 32.1 Å². The Morgan fingerprint density at radius 2 is 1.66 bits per heavy atom. The van der Waals surface area contributed by atoms with Gasteiger partial charge in [-0.3, -0.25) is 4.79 Å². The van der Waals surface area contributed by atoms with Crippen LogP contribution in [0.5, 0.6) is 0 Å². The van der Waals surface area contributed by atoms with Crippen molar-refractivity contribution in [2.45, 2.75) is 124 Å². The third-order valence-electron chi connectivity index (χ3n) is 13.1. The van der Waals surface area contributed by atoms with E-state index in [9.17, 15) is 24.9 Å². The molecule has 5 rings (SSSR count). The van der Waals surface area contributed by atoms with Crippen molar-refractivity contribution in [2.24, 2.45) is 34.0 Å². The zero-order valence-electron chi connectivity index (χ0n) is 27.5. The third-order valence-corrected chi connectivity index (χ3v) is 13.6. The van der Waals surface area contributed by atoms with Crippen molar-refractivity contribution in [3.8, 4) is 0 Å². The Morgan fingerprint density at radius 3 is 2.25 bits per heavy atom. The fourth-order valence-corrected chi connectivity index (χ4v) is 11.3. The molecule has 44 heavy (non-hydrogen) atoms. The van der Waals surface area contributed by atoms with E-state index in [1.165, 1.54) is 6.92 Å². The van der Waals surface area contributed by atoms with E-state index < -0.39 is 35.7 Å². The van der Waals surface area contributed by atoms with Gasteiger partial charge in [0.15, 0.2) is 0 Å². The first-order valence-electron chi connectivity index (χ1n) is 16.4. The number of aliphatic hydroxyl groups is 2. The second kappa shape index (κ2) is 11.7. The van der Waals surface area contributed by atoms with Gasteiger partial charge in [-0.1, -0.05) is 67.4 Å². The number of aliphatic hydroxyl groups excluding tert-OH is 2. The molecule has 0 bridgehead atoms. The number of rotatable bonds is 6. The molecule has 0 spiro atoms. The lowest BCUT2D eigenvalue weighted by molar-refractivity contribution is -0.239. The molecular weight excluding hydrogens is 620 g/mol. The SMILES string of the molecule is CC(=O)O[C@H]1C[C@@]2(C)[C@H](C[C@@H](O)[C@@H]3[C@@]4(C)CC[C@@H](O)[C@](C)(c5ccc(Br)cc5)C4CC[C@@]32C)C1=C(CCC=C(C)C)C(=O)O. The van der Waals surface area contributed by atoms with Crippen molar-refractivity contribution in [3.05, 3.63) is 57.1 Å². The molecule has 10 atom stereocenters. The molecule has 0 saturated heterocycles. The number of carbonyl (C=O) groups is 2. The van der Waals surface area contributed by atoms with E-state index in [-0.39, 0.29) is 34.0 Å². The summed E-state index contributed by atoms with van der Waals surface area (Å²) in [6.45, 7) is 14.5. The van der Waals surface area contributed by atoms with Crippen molar-refractivity contribution >= 4 is 27.9 Å². The van der Waals surface area contributed by atoms with Crippen LogP contribution in [0.4, 0.5) is 0 Å². The number of allylic oxidation sites excluding steroid dienone is 2.